The van der Waals surface area contributed by atoms with Crippen LogP contribution in [0.2, 0.25) is 0 Å². The van der Waals surface area contributed by atoms with Crippen molar-refractivity contribution in [1.82, 2.24) is 0 Å². The number of hydrogen-bond donors (Lipinski definition) is 1. The van der Waals surface area contributed by atoms with E-state index in [9.17, 15) is 13.2 Å². The number of nitrogens with zero attached hydrogens (tertiary/aromatic N) is 1. The Hall–Kier alpha value is -1.25. The van der Waals surface area contributed by atoms with Gasteiger partial charge in [-0.05, 0) is 12.1 Å². The van der Waals surface area contributed by atoms with Crippen molar-refractivity contribution < 1.29 is 13.2 Å². The first-order valence-corrected chi connectivity index (χ1v) is 3.84. The molecule has 6 heteroatoms. The molecule has 0 aliphatic heterocycles. The fourth-order valence-electron chi connectivity index (χ4n) is 1.08. The first kappa shape index (κ1) is 13.8. The van der Waals surface area contributed by atoms with Crippen LogP contribution in [0.3, 0.4) is 0 Å². The summed E-state index contributed by atoms with van der Waals surface area (Å²) in [5.74, 6) is -3.44. The molecule has 1 unspecified atom stereocenters. The zero-order valence-electron chi connectivity index (χ0n) is 7.51. The quantitative estimate of drug-likeness (QED) is 0.802. The van der Waals surface area contributed by atoms with Crippen LogP contribution in [0, 0.1) is 28.8 Å². The molecule has 82 valence electrons. The van der Waals surface area contributed by atoms with E-state index in [0.717, 1.165) is 6.07 Å². The maximum Gasteiger partial charge on any atom is 0.166 e. The van der Waals surface area contributed by atoms with E-state index in [1.54, 1.807) is 6.07 Å². The van der Waals surface area contributed by atoms with Crippen LogP contribution < -0.4 is 5.73 Å². The summed E-state index contributed by atoms with van der Waals surface area (Å²) in [4.78, 5) is 0. The van der Waals surface area contributed by atoms with E-state index in [2.05, 4.69) is 0 Å². The van der Waals surface area contributed by atoms with Gasteiger partial charge in [0.1, 0.15) is 5.82 Å². The standard InChI is InChI=1S/C9H7F3N2.ClH/c10-5-1-2-6(11)9(12)8(5)7(14)3-4-13;/h1-2,7H,3,14H2;1H. The Labute approximate surface area is 90.9 Å². The van der Waals surface area contributed by atoms with Crippen LogP contribution in [0.1, 0.15) is 18.0 Å². The van der Waals surface area contributed by atoms with E-state index >= 15 is 0 Å². The molecule has 0 fully saturated rings. The zero-order chi connectivity index (χ0) is 10.7. The van der Waals surface area contributed by atoms with Crippen LogP contribution in [-0.4, -0.2) is 0 Å². The first-order chi connectivity index (χ1) is 6.57. The first-order valence-electron chi connectivity index (χ1n) is 3.84. The second-order valence-electron chi connectivity index (χ2n) is 2.73. The van der Waals surface area contributed by atoms with Gasteiger partial charge in [0.2, 0.25) is 0 Å². The highest BCUT2D eigenvalue weighted by Crippen LogP contribution is 2.22. The van der Waals surface area contributed by atoms with E-state index in [1.807, 2.05) is 0 Å². The van der Waals surface area contributed by atoms with Crippen molar-refractivity contribution >= 4 is 12.4 Å². The molecule has 1 aromatic carbocycles. The topological polar surface area (TPSA) is 49.8 Å². The normalized spacial score (nSPS) is 11.4. The van der Waals surface area contributed by atoms with Gasteiger partial charge in [-0.2, -0.15) is 5.26 Å². The number of hydrogen-bond acceptors (Lipinski definition) is 2. The van der Waals surface area contributed by atoms with Gasteiger partial charge in [0, 0.05) is 11.6 Å². The van der Waals surface area contributed by atoms with Crippen LogP contribution in [0.5, 0.6) is 0 Å². The third-order valence-corrected chi connectivity index (χ3v) is 1.76. The van der Waals surface area contributed by atoms with Gasteiger partial charge in [-0.3, -0.25) is 0 Å². The minimum absolute atomic E-state index is 0. The molecule has 0 saturated heterocycles. The third kappa shape index (κ3) is 2.85. The number of rotatable bonds is 2. The molecule has 0 amide bonds. The average Bonchev–Trinajstić information content (AvgIpc) is 2.13. The van der Waals surface area contributed by atoms with Gasteiger partial charge in [-0.25, -0.2) is 13.2 Å². The van der Waals surface area contributed by atoms with E-state index in [4.69, 9.17) is 11.0 Å². The second-order valence-corrected chi connectivity index (χ2v) is 2.73. The lowest BCUT2D eigenvalue weighted by molar-refractivity contribution is 0.466. The monoisotopic (exact) mass is 236 g/mol. The highest BCUT2D eigenvalue weighted by Gasteiger charge is 2.19. The molecular formula is C9H8ClF3N2. The molecule has 1 atom stereocenters. The maximum absolute atomic E-state index is 13.0. The zero-order valence-corrected chi connectivity index (χ0v) is 8.32. The Morgan fingerprint density at radius 3 is 2.33 bits per heavy atom. The minimum Gasteiger partial charge on any atom is -0.323 e. The Balaban J connectivity index is 0.00000196. The van der Waals surface area contributed by atoms with Crippen molar-refractivity contribution in [2.75, 3.05) is 0 Å². The molecule has 0 bridgehead atoms. The maximum atomic E-state index is 13.0. The van der Waals surface area contributed by atoms with Crippen molar-refractivity contribution in [1.29, 1.82) is 5.26 Å². The molecule has 0 saturated carbocycles. The Bertz CT molecular complexity index is 390. The largest absolute Gasteiger partial charge is 0.323 e. The van der Waals surface area contributed by atoms with Crippen molar-refractivity contribution in [3.63, 3.8) is 0 Å². The summed E-state index contributed by atoms with van der Waals surface area (Å²) >= 11 is 0. The van der Waals surface area contributed by atoms with Crippen molar-refractivity contribution in [3.8, 4) is 6.07 Å². The molecule has 0 radical (unpaired) electrons. The summed E-state index contributed by atoms with van der Waals surface area (Å²) < 4.78 is 38.7. The van der Waals surface area contributed by atoms with Gasteiger partial charge in [0.05, 0.1) is 12.5 Å². The smallest absolute Gasteiger partial charge is 0.166 e. The van der Waals surface area contributed by atoms with Gasteiger partial charge in [0.15, 0.2) is 11.6 Å². The SMILES string of the molecule is Cl.N#CCC(N)c1c(F)ccc(F)c1F. The van der Waals surface area contributed by atoms with Crippen molar-refractivity contribution in [3.05, 3.63) is 35.1 Å². The summed E-state index contributed by atoms with van der Waals surface area (Å²) in [6.45, 7) is 0. The van der Waals surface area contributed by atoms with Crippen LogP contribution in [0.25, 0.3) is 0 Å². The van der Waals surface area contributed by atoms with Crippen LogP contribution in [0.15, 0.2) is 12.1 Å². The van der Waals surface area contributed by atoms with Crippen molar-refractivity contribution in [2.24, 2.45) is 5.73 Å². The van der Waals surface area contributed by atoms with E-state index in [1.165, 1.54) is 0 Å². The predicted octanol–water partition coefficient (Wildman–Crippen LogP) is 2.44. The Morgan fingerprint density at radius 1 is 1.27 bits per heavy atom. The summed E-state index contributed by atoms with van der Waals surface area (Å²) in [5.41, 5.74) is 4.73. The fourth-order valence-corrected chi connectivity index (χ4v) is 1.08. The fraction of sp³-hybridized carbons (Fsp3) is 0.222. The molecule has 2 nitrogen and oxygen atoms in total. The highest BCUT2D eigenvalue weighted by molar-refractivity contribution is 5.85. The molecule has 1 rings (SSSR count). The van der Waals surface area contributed by atoms with E-state index in [0.29, 0.717) is 6.07 Å². The molecule has 2 N–H and O–H groups in total. The van der Waals surface area contributed by atoms with Crippen molar-refractivity contribution in [2.45, 2.75) is 12.5 Å². The lowest BCUT2D eigenvalue weighted by Gasteiger charge is -2.10. The second kappa shape index (κ2) is 5.59. The molecule has 15 heavy (non-hydrogen) atoms. The number of nitrogens with two attached hydrogens (primary N) is 1. The van der Waals surface area contributed by atoms with Gasteiger partial charge in [0.25, 0.3) is 0 Å². The van der Waals surface area contributed by atoms with Crippen LogP contribution in [-0.2, 0) is 0 Å². The summed E-state index contributed by atoms with van der Waals surface area (Å²) in [6.07, 6.45) is -0.267. The molecule has 1 aromatic rings. The number of nitriles is 1. The van der Waals surface area contributed by atoms with Gasteiger partial charge < -0.3 is 5.73 Å². The highest BCUT2D eigenvalue weighted by atomic mass is 35.5. The summed E-state index contributed by atoms with van der Waals surface area (Å²) in [7, 11) is 0. The van der Waals surface area contributed by atoms with E-state index in [-0.39, 0.29) is 18.8 Å². The molecule has 0 heterocycles. The Morgan fingerprint density at radius 2 is 1.80 bits per heavy atom. The summed E-state index contributed by atoms with van der Waals surface area (Å²) in [5, 5.41) is 8.28. The van der Waals surface area contributed by atoms with Gasteiger partial charge >= 0.3 is 0 Å². The summed E-state index contributed by atoms with van der Waals surface area (Å²) in [6, 6.07) is 1.97. The van der Waals surface area contributed by atoms with Crippen LogP contribution >= 0.6 is 12.4 Å². The van der Waals surface area contributed by atoms with Gasteiger partial charge in [-0.1, -0.05) is 0 Å². The van der Waals surface area contributed by atoms with Gasteiger partial charge in [-0.15, -0.1) is 12.4 Å². The van der Waals surface area contributed by atoms with E-state index < -0.39 is 29.1 Å². The Kier molecular flexibility index (Phi) is 5.12. The third-order valence-electron chi connectivity index (χ3n) is 1.76. The molecule has 0 aliphatic rings. The molecule has 0 aliphatic carbocycles. The number of benzene rings is 1. The average molecular weight is 237 g/mol. The number of halogens is 4. The molecule has 0 spiro atoms. The lowest BCUT2D eigenvalue weighted by atomic mass is 10.0. The van der Waals surface area contributed by atoms with Crippen LogP contribution in [0.4, 0.5) is 13.2 Å². The minimum atomic E-state index is -1.33. The molecule has 0 aromatic heterocycles. The lowest BCUT2D eigenvalue weighted by Crippen LogP contribution is -2.14. The predicted molar refractivity (Wildman–Crippen MR) is 50.7 cm³/mol. The molecular weight excluding hydrogens is 229 g/mol.